The molecular formula is C13H19ClN4O. The van der Waals surface area contributed by atoms with Gasteiger partial charge in [-0.2, -0.15) is 5.10 Å². The van der Waals surface area contributed by atoms with Crippen LogP contribution in [-0.4, -0.2) is 41.9 Å². The summed E-state index contributed by atoms with van der Waals surface area (Å²) in [4.78, 5) is 14.1. The molecule has 6 heteroatoms. The number of aromatic nitrogens is 2. The summed E-state index contributed by atoms with van der Waals surface area (Å²) < 4.78 is 1.22. The summed E-state index contributed by atoms with van der Waals surface area (Å²) in [5.41, 5.74) is 0.0924. The number of rotatable bonds is 7. The second kappa shape index (κ2) is 7.82. The monoisotopic (exact) mass is 282 g/mol. The van der Waals surface area contributed by atoms with E-state index in [4.69, 9.17) is 18.0 Å². The van der Waals surface area contributed by atoms with Crippen LogP contribution < -0.4 is 10.9 Å². The van der Waals surface area contributed by atoms with Gasteiger partial charge in [0.05, 0.1) is 11.2 Å². The molecular weight excluding hydrogens is 264 g/mol. The molecule has 1 heterocycles. The van der Waals surface area contributed by atoms with E-state index in [9.17, 15) is 4.79 Å². The minimum Gasteiger partial charge on any atom is -0.379 e. The Morgan fingerprint density at radius 2 is 2.26 bits per heavy atom. The third kappa shape index (κ3) is 4.93. The van der Waals surface area contributed by atoms with Crippen LogP contribution in [0.3, 0.4) is 0 Å². The predicted octanol–water partition coefficient (Wildman–Crippen LogP) is 1.28. The van der Waals surface area contributed by atoms with E-state index in [0.29, 0.717) is 17.3 Å². The van der Waals surface area contributed by atoms with E-state index in [-0.39, 0.29) is 12.1 Å². The topological polar surface area (TPSA) is 50.2 Å². The smallest absolute Gasteiger partial charge is 0.292 e. The Hall–Kier alpha value is -1.51. The zero-order valence-electron chi connectivity index (χ0n) is 11.3. The lowest BCUT2D eigenvalue weighted by atomic mass is 10.3. The van der Waals surface area contributed by atoms with Gasteiger partial charge in [0.15, 0.2) is 0 Å². The van der Waals surface area contributed by atoms with Gasteiger partial charge >= 0.3 is 0 Å². The van der Waals surface area contributed by atoms with Crippen LogP contribution in [0.5, 0.6) is 0 Å². The van der Waals surface area contributed by atoms with Crippen molar-refractivity contribution in [2.75, 3.05) is 32.5 Å². The van der Waals surface area contributed by atoms with Crippen molar-refractivity contribution in [3.63, 3.8) is 0 Å². The Morgan fingerprint density at radius 1 is 1.53 bits per heavy atom. The largest absolute Gasteiger partial charge is 0.379 e. The molecule has 0 radical (unpaired) electrons. The van der Waals surface area contributed by atoms with Gasteiger partial charge < -0.3 is 10.2 Å². The molecule has 0 spiro atoms. The fourth-order valence-electron chi connectivity index (χ4n) is 1.59. The molecule has 104 valence electrons. The third-order valence-corrected chi connectivity index (χ3v) is 2.86. The lowest BCUT2D eigenvalue weighted by molar-refractivity contribution is 0.396. The van der Waals surface area contributed by atoms with Gasteiger partial charge in [0, 0.05) is 6.54 Å². The maximum absolute atomic E-state index is 12.0. The summed E-state index contributed by atoms with van der Waals surface area (Å²) in [6.07, 6.45) is 8.63. The molecule has 5 nitrogen and oxygen atoms in total. The second-order valence-electron chi connectivity index (χ2n) is 4.47. The SMILES string of the molecule is C#CCn1ncc(Cl)c(NCCCCN(C)C)c1=O. The van der Waals surface area contributed by atoms with Crippen molar-refractivity contribution < 1.29 is 0 Å². The molecule has 1 rings (SSSR count). The number of terminal acetylenes is 1. The summed E-state index contributed by atoms with van der Waals surface area (Å²) in [7, 11) is 4.07. The highest BCUT2D eigenvalue weighted by molar-refractivity contribution is 6.32. The van der Waals surface area contributed by atoms with E-state index >= 15 is 0 Å². The lowest BCUT2D eigenvalue weighted by Crippen LogP contribution is -2.26. The first-order valence-corrected chi connectivity index (χ1v) is 6.51. The van der Waals surface area contributed by atoms with Gasteiger partial charge in [-0.15, -0.1) is 6.42 Å². The number of hydrogen-bond acceptors (Lipinski definition) is 4. The molecule has 0 saturated carbocycles. The highest BCUT2D eigenvalue weighted by Crippen LogP contribution is 2.14. The zero-order valence-corrected chi connectivity index (χ0v) is 12.1. The van der Waals surface area contributed by atoms with Crippen LogP contribution in [0.25, 0.3) is 0 Å². The van der Waals surface area contributed by atoms with Gasteiger partial charge in [0.2, 0.25) is 0 Å². The average molecular weight is 283 g/mol. The molecule has 0 aliphatic carbocycles. The summed E-state index contributed by atoms with van der Waals surface area (Å²) in [5, 5.41) is 7.27. The van der Waals surface area contributed by atoms with E-state index in [2.05, 4.69) is 21.2 Å². The quantitative estimate of drug-likeness (QED) is 0.605. The average Bonchev–Trinajstić information content (AvgIpc) is 2.36. The molecule has 1 aromatic heterocycles. The molecule has 0 atom stereocenters. The number of halogens is 1. The number of hydrogen-bond donors (Lipinski definition) is 1. The number of anilines is 1. The van der Waals surface area contributed by atoms with Crippen molar-refractivity contribution in [2.24, 2.45) is 0 Å². The molecule has 0 fully saturated rings. The van der Waals surface area contributed by atoms with Gasteiger partial charge in [-0.3, -0.25) is 4.79 Å². The number of nitrogens with zero attached hydrogens (tertiary/aromatic N) is 3. The van der Waals surface area contributed by atoms with Gasteiger partial charge in [0.25, 0.3) is 5.56 Å². The first-order valence-electron chi connectivity index (χ1n) is 6.14. The van der Waals surface area contributed by atoms with Gasteiger partial charge in [-0.25, -0.2) is 4.68 Å². The molecule has 1 N–H and O–H groups in total. The van der Waals surface area contributed by atoms with E-state index in [1.54, 1.807) is 0 Å². The van der Waals surface area contributed by atoms with Crippen molar-refractivity contribution in [2.45, 2.75) is 19.4 Å². The van der Waals surface area contributed by atoms with Crippen molar-refractivity contribution in [1.82, 2.24) is 14.7 Å². The number of unbranched alkanes of at least 4 members (excludes halogenated alkanes) is 1. The van der Waals surface area contributed by atoms with Crippen LogP contribution in [0.2, 0.25) is 5.02 Å². The standard InChI is InChI=1S/C13H19ClN4O/c1-4-8-18-13(19)12(11(14)10-16-18)15-7-5-6-9-17(2)3/h1,10,15H,5-9H2,2-3H3. The van der Waals surface area contributed by atoms with Gasteiger partial charge in [-0.1, -0.05) is 17.5 Å². The molecule has 0 unspecified atom stereocenters. The van der Waals surface area contributed by atoms with Crippen molar-refractivity contribution in [3.8, 4) is 12.3 Å². The molecule has 0 aliphatic rings. The molecule has 0 aromatic carbocycles. The maximum Gasteiger partial charge on any atom is 0.292 e. The van der Waals surface area contributed by atoms with Crippen LogP contribution in [0.1, 0.15) is 12.8 Å². The lowest BCUT2D eigenvalue weighted by Gasteiger charge is -2.11. The molecule has 0 bridgehead atoms. The van der Waals surface area contributed by atoms with Crippen LogP contribution in [0.15, 0.2) is 11.0 Å². The van der Waals surface area contributed by atoms with Gasteiger partial charge in [-0.05, 0) is 33.5 Å². The molecule has 1 aromatic rings. The van der Waals surface area contributed by atoms with Crippen molar-refractivity contribution in [1.29, 1.82) is 0 Å². The Labute approximate surface area is 118 Å². The number of nitrogens with one attached hydrogen (secondary N) is 1. The summed E-state index contributed by atoms with van der Waals surface area (Å²) in [5.74, 6) is 2.38. The maximum atomic E-state index is 12.0. The molecule has 0 saturated heterocycles. The second-order valence-corrected chi connectivity index (χ2v) is 4.88. The van der Waals surface area contributed by atoms with Crippen LogP contribution >= 0.6 is 11.6 Å². The Balaban J connectivity index is 2.60. The Morgan fingerprint density at radius 3 is 2.89 bits per heavy atom. The highest BCUT2D eigenvalue weighted by atomic mass is 35.5. The van der Waals surface area contributed by atoms with Crippen molar-refractivity contribution >= 4 is 17.3 Å². The van der Waals surface area contributed by atoms with Gasteiger partial charge in [0.1, 0.15) is 12.2 Å². The molecule has 0 aliphatic heterocycles. The first-order chi connectivity index (χ1) is 9.06. The van der Waals surface area contributed by atoms with Crippen LogP contribution in [-0.2, 0) is 6.54 Å². The Kier molecular flexibility index (Phi) is 6.40. The van der Waals surface area contributed by atoms with E-state index < -0.39 is 0 Å². The van der Waals surface area contributed by atoms with Crippen molar-refractivity contribution in [3.05, 3.63) is 21.6 Å². The summed E-state index contributed by atoms with van der Waals surface area (Å²) in [6, 6.07) is 0. The fraction of sp³-hybridized carbons (Fsp3) is 0.538. The van der Waals surface area contributed by atoms with E-state index in [0.717, 1.165) is 19.4 Å². The molecule has 0 amide bonds. The minimum atomic E-state index is -0.280. The highest BCUT2D eigenvalue weighted by Gasteiger charge is 2.08. The zero-order chi connectivity index (χ0) is 14.3. The first kappa shape index (κ1) is 15.5. The third-order valence-electron chi connectivity index (χ3n) is 2.57. The Bertz CT molecular complexity index is 504. The predicted molar refractivity (Wildman–Crippen MR) is 78.6 cm³/mol. The van der Waals surface area contributed by atoms with Crippen LogP contribution in [0.4, 0.5) is 5.69 Å². The van der Waals surface area contributed by atoms with E-state index in [1.807, 2.05) is 14.1 Å². The van der Waals surface area contributed by atoms with Crippen LogP contribution in [0, 0.1) is 12.3 Å². The molecule has 19 heavy (non-hydrogen) atoms. The minimum absolute atomic E-state index is 0.144. The van der Waals surface area contributed by atoms with E-state index in [1.165, 1.54) is 10.9 Å². The summed E-state index contributed by atoms with van der Waals surface area (Å²) >= 11 is 5.97. The summed E-state index contributed by atoms with van der Waals surface area (Å²) in [6.45, 7) is 1.86. The normalized spacial score (nSPS) is 10.5. The fourth-order valence-corrected chi connectivity index (χ4v) is 1.79.